The Labute approximate surface area is 115 Å². The quantitative estimate of drug-likeness (QED) is 0.811. The molecule has 0 bridgehead atoms. The van der Waals surface area contributed by atoms with Crippen LogP contribution in [0, 0.1) is 5.92 Å². The number of carbonyl (C=O) groups is 1. The van der Waals surface area contributed by atoms with Gasteiger partial charge in [0, 0.05) is 12.3 Å². The first-order valence-corrected chi connectivity index (χ1v) is 9.03. The van der Waals surface area contributed by atoms with Gasteiger partial charge < -0.3 is 4.90 Å². The second-order valence-corrected chi connectivity index (χ2v) is 8.12. The molecule has 1 N–H and O–H groups in total. The van der Waals surface area contributed by atoms with Crippen molar-refractivity contribution in [2.45, 2.75) is 51.7 Å². The van der Waals surface area contributed by atoms with E-state index in [-0.39, 0.29) is 29.6 Å². The van der Waals surface area contributed by atoms with Gasteiger partial charge in [0.2, 0.25) is 5.91 Å². The van der Waals surface area contributed by atoms with E-state index in [1.165, 1.54) is 12.8 Å². The molecule has 6 heteroatoms. The highest BCUT2D eigenvalue weighted by molar-refractivity contribution is 7.91. The summed E-state index contributed by atoms with van der Waals surface area (Å²) in [5.41, 5.74) is 0. The fourth-order valence-electron chi connectivity index (χ4n) is 3.10. The summed E-state index contributed by atoms with van der Waals surface area (Å²) in [6.45, 7) is 3.84. The molecule has 0 spiro atoms. The molecule has 0 aromatic carbocycles. The van der Waals surface area contributed by atoms with Gasteiger partial charge in [-0.3, -0.25) is 10.1 Å². The summed E-state index contributed by atoms with van der Waals surface area (Å²) in [5.74, 6) is 0.750. The van der Waals surface area contributed by atoms with Gasteiger partial charge in [-0.05, 0) is 25.7 Å². The van der Waals surface area contributed by atoms with Crippen LogP contribution < -0.4 is 5.32 Å². The average Bonchev–Trinajstić information content (AvgIpc) is 2.98. The fraction of sp³-hybridized carbons (Fsp3) is 0.923. The third-order valence-electron chi connectivity index (χ3n) is 4.34. The Morgan fingerprint density at radius 1 is 1.32 bits per heavy atom. The highest BCUT2D eigenvalue weighted by atomic mass is 32.2. The number of carbonyl (C=O) groups excluding carboxylic acids is 1. The van der Waals surface area contributed by atoms with Gasteiger partial charge >= 0.3 is 0 Å². The van der Waals surface area contributed by atoms with E-state index in [2.05, 4.69) is 5.32 Å². The van der Waals surface area contributed by atoms with E-state index in [9.17, 15) is 13.2 Å². The molecule has 0 aromatic rings. The van der Waals surface area contributed by atoms with Crippen molar-refractivity contribution in [3.05, 3.63) is 0 Å². The molecule has 2 fully saturated rings. The number of hydrogen-bond donors (Lipinski definition) is 1. The largest absolute Gasteiger partial charge is 0.325 e. The van der Waals surface area contributed by atoms with Gasteiger partial charge in [-0.2, -0.15) is 0 Å². The Kier molecular flexibility index (Phi) is 4.50. The standard InChI is InChI=1S/C13H24N2O3S/c1-3-19(17,18)9-8-15-12(11-6-4-5-7-11)14-10(2)13(15)16/h10-12,14H,3-9H2,1-2H3. The third kappa shape index (κ3) is 3.28. The zero-order valence-electron chi connectivity index (χ0n) is 11.8. The molecule has 1 amide bonds. The van der Waals surface area contributed by atoms with Crippen LogP contribution in [0.1, 0.15) is 39.5 Å². The van der Waals surface area contributed by atoms with Crippen molar-refractivity contribution >= 4 is 15.7 Å². The van der Waals surface area contributed by atoms with Crippen LogP contribution in [0.4, 0.5) is 0 Å². The number of nitrogens with one attached hydrogen (secondary N) is 1. The van der Waals surface area contributed by atoms with E-state index in [1.54, 1.807) is 11.8 Å². The van der Waals surface area contributed by atoms with Crippen molar-refractivity contribution in [2.24, 2.45) is 5.92 Å². The molecule has 0 aromatic heterocycles. The SMILES string of the molecule is CCS(=O)(=O)CCN1C(=O)C(C)NC1C1CCCC1. The molecule has 1 saturated heterocycles. The maximum absolute atomic E-state index is 12.1. The molecule has 1 heterocycles. The van der Waals surface area contributed by atoms with Crippen LogP contribution in [-0.2, 0) is 14.6 Å². The van der Waals surface area contributed by atoms with E-state index in [0.717, 1.165) is 12.8 Å². The minimum atomic E-state index is -3.02. The maximum Gasteiger partial charge on any atom is 0.240 e. The van der Waals surface area contributed by atoms with Gasteiger partial charge in [-0.25, -0.2) is 8.42 Å². The predicted octanol–water partition coefficient (Wildman–Crippen LogP) is 0.758. The Bertz CT molecular complexity index is 429. The zero-order valence-corrected chi connectivity index (χ0v) is 12.6. The van der Waals surface area contributed by atoms with Crippen molar-refractivity contribution in [2.75, 3.05) is 18.1 Å². The first kappa shape index (κ1) is 14.8. The first-order valence-electron chi connectivity index (χ1n) is 7.21. The van der Waals surface area contributed by atoms with Crippen LogP contribution in [0.3, 0.4) is 0 Å². The predicted molar refractivity (Wildman–Crippen MR) is 74.4 cm³/mol. The first-order chi connectivity index (χ1) is 8.94. The van der Waals surface area contributed by atoms with Crippen LogP contribution in [0.2, 0.25) is 0 Å². The summed E-state index contributed by atoms with van der Waals surface area (Å²) in [7, 11) is -3.02. The summed E-state index contributed by atoms with van der Waals surface area (Å²) >= 11 is 0. The molecule has 2 aliphatic rings. The molecule has 2 rings (SSSR count). The molecule has 0 radical (unpaired) electrons. The van der Waals surface area contributed by atoms with Gasteiger partial charge in [0.25, 0.3) is 0 Å². The van der Waals surface area contributed by atoms with E-state index < -0.39 is 9.84 Å². The minimum Gasteiger partial charge on any atom is -0.325 e. The van der Waals surface area contributed by atoms with Gasteiger partial charge in [-0.15, -0.1) is 0 Å². The summed E-state index contributed by atoms with van der Waals surface area (Å²) in [6, 6.07) is -0.185. The number of amides is 1. The maximum atomic E-state index is 12.1. The third-order valence-corrected chi connectivity index (χ3v) is 6.02. The van der Waals surface area contributed by atoms with Gasteiger partial charge in [-0.1, -0.05) is 19.8 Å². The Balaban J connectivity index is 2.03. The van der Waals surface area contributed by atoms with Gasteiger partial charge in [0.1, 0.15) is 0 Å². The highest BCUT2D eigenvalue weighted by Gasteiger charge is 2.41. The second kappa shape index (κ2) is 5.79. The monoisotopic (exact) mass is 288 g/mol. The van der Waals surface area contributed by atoms with Crippen LogP contribution in [0.25, 0.3) is 0 Å². The van der Waals surface area contributed by atoms with Crippen LogP contribution in [0.15, 0.2) is 0 Å². The van der Waals surface area contributed by atoms with Gasteiger partial charge in [0.15, 0.2) is 9.84 Å². The van der Waals surface area contributed by atoms with Crippen molar-refractivity contribution in [1.82, 2.24) is 10.2 Å². The number of rotatable bonds is 5. The summed E-state index contributed by atoms with van der Waals surface area (Å²) in [4.78, 5) is 13.9. The van der Waals surface area contributed by atoms with Gasteiger partial charge in [0.05, 0.1) is 18.0 Å². The van der Waals surface area contributed by atoms with Crippen molar-refractivity contribution in [3.8, 4) is 0 Å². The normalized spacial score (nSPS) is 29.4. The molecular formula is C13H24N2O3S. The lowest BCUT2D eigenvalue weighted by Crippen LogP contribution is -2.44. The lowest BCUT2D eigenvalue weighted by molar-refractivity contribution is -0.130. The summed E-state index contributed by atoms with van der Waals surface area (Å²) in [5, 5.41) is 3.33. The van der Waals surface area contributed by atoms with Crippen molar-refractivity contribution in [3.63, 3.8) is 0 Å². The molecule has 1 saturated carbocycles. The molecular weight excluding hydrogens is 264 g/mol. The number of sulfone groups is 1. The topological polar surface area (TPSA) is 66.5 Å². The van der Waals surface area contributed by atoms with Crippen molar-refractivity contribution < 1.29 is 13.2 Å². The van der Waals surface area contributed by atoms with Crippen LogP contribution >= 0.6 is 0 Å². The van der Waals surface area contributed by atoms with Crippen molar-refractivity contribution in [1.29, 1.82) is 0 Å². The minimum absolute atomic E-state index is 0.0389. The van der Waals surface area contributed by atoms with Crippen LogP contribution in [0.5, 0.6) is 0 Å². The van der Waals surface area contributed by atoms with E-state index in [1.807, 2.05) is 6.92 Å². The molecule has 1 aliphatic heterocycles. The molecule has 19 heavy (non-hydrogen) atoms. The smallest absolute Gasteiger partial charge is 0.240 e. The summed E-state index contributed by atoms with van der Waals surface area (Å²) < 4.78 is 23.2. The Hall–Kier alpha value is -0.620. The van der Waals surface area contributed by atoms with Crippen LogP contribution in [-0.4, -0.2) is 49.5 Å². The highest BCUT2D eigenvalue weighted by Crippen LogP contribution is 2.31. The molecule has 1 aliphatic carbocycles. The number of hydrogen-bond acceptors (Lipinski definition) is 4. The Morgan fingerprint density at radius 3 is 2.53 bits per heavy atom. The van der Waals surface area contributed by atoms with E-state index in [0.29, 0.717) is 12.5 Å². The lowest BCUT2D eigenvalue weighted by atomic mass is 10.0. The second-order valence-electron chi connectivity index (χ2n) is 5.65. The Morgan fingerprint density at radius 2 is 1.95 bits per heavy atom. The summed E-state index contributed by atoms with van der Waals surface area (Å²) in [6.07, 6.45) is 4.74. The fourth-order valence-corrected chi connectivity index (χ4v) is 3.86. The van der Waals surface area contributed by atoms with E-state index >= 15 is 0 Å². The molecule has 2 atom stereocenters. The zero-order chi connectivity index (χ0) is 14.0. The lowest BCUT2D eigenvalue weighted by Gasteiger charge is -2.28. The molecule has 110 valence electrons. The molecule has 2 unspecified atom stereocenters. The average molecular weight is 288 g/mol. The molecule has 5 nitrogen and oxygen atoms in total. The number of nitrogens with zero attached hydrogens (tertiary/aromatic N) is 1. The van der Waals surface area contributed by atoms with E-state index in [4.69, 9.17) is 0 Å².